The maximum atomic E-state index is 13.2. The molecule has 38 heavy (non-hydrogen) atoms. The molecule has 1 aliphatic rings. The zero-order valence-electron chi connectivity index (χ0n) is 20.9. The molecule has 2 amide bonds. The number of amides is 2. The second-order valence-electron chi connectivity index (χ2n) is 8.91. The van der Waals surface area contributed by atoms with Crippen LogP contribution in [0.4, 0.5) is 11.5 Å². The van der Waals surface area contributed by atoms with Crippen molar-refractivity contribution in [2.75, 3.05) is 30.3 Å². The fraction of sp³-hybridized carbons (Fsp3) is 0.250. The molecule has 0 bridgehead atoms. The van der Waals surface area contributed by atoms with Gasteiger partial charge in [-0.25, -0.2) is 4.98 Å². The van der Waals surface area contributed by atoms with Crippen molar-refractivity contribution in [1.82, 2.24) is 9.88 Å². The Morgan fingerprint density at radius 3 is 2.39 bits per heavy atom. The molecule has 2 heterocycles. The number of nitrogens with one attached hydrogen (secondary N) is 3. The Labute approximate surface area is 225 Å². The van der Waals surface area contributed by atoms with Crippen LogP contribution in [0.5, 0.6) is 5.75 Å². The number of rotatable bonds is 8. The highest BCUT2D eigenvalue weighted by molar-refractivity contribution is 6.30. The van der Waals surface area contributed by atoms with Gasteiger partial charge in [-0.3, -0.25) is 19.8 Å². The van der Waals surface area contributed by atoms with E-state index in [1.54, 1.807) is 55.5 Å². The van der Waals surface area contributed by atoms with Crippen LogP contribution in [0.3, 0.4) is 0 Å². The summed E-state index contributed by atoms with van der Waals surface area (Å²) < 4.78 is 5.55. The van der Waals surface area contributed by atoms with E-state index in [1.807, 2.05) is 4.90 Å². The van der Waals surface area contributed by atoms with Gasteiger partial charge in [0.25, 0.3) is 11.8 Å². The summed E-state index contributed by atoms with van der Waals surface area (Å²) in [4.78, 5) is 43.5. The van der Waals surface area contributed by atoms with Gasteiger partial charge < -0.3 is 20.3 Å². The lowest BCUT2D eigenvalue weighted by molar-refractivity contribution is -0.109. The molecule has 3 N–H and O–H groups in total. The molecule has 196 valence electrons. The van der Waals surface area contributed by atoms with E-state index in [9.17, 15) is 14.4 Å². The molecule has 9 nitrogen and oxygen atoms in total. The van der Waals surface area contributed by atoms with E-state index in [-0.39, 0.29) is 29.4 Å². The molecule has 1 aromatic heterocycles. The predicted octanol–water partition coefficient (Wildman–Crippen LogP) is 4.94. The van der Waals surface area contributed by atoms with Gasteiger partial charge in [-0.2, -0.15) is 0 Å². The monoisotopic (exact) mass is 533 g/mol. The number of halogens is 1. The third-order valence-corrected chi connectivity index (χ3v) is 6.32. The summed E-state index contributed by atoms with van der Waals surface area (Å²) in [5.74, 6) is -0.0995. The molecule has 0 unspecified atom stereocenters. The van der Waals surface area contributed by atoms with Gasteiger partial charge in [0.1, 0.15) is 24.0 Å². The van der Waals surface area contributed by atoms with Gasteiger partial charge in [0.15, 0.2) is 6.29 Å². The molecule has 2 aromatic carbocycles. The Bertz CT molecular complexity index is 1340. The predicted molar refractivity (Wildman–Crippen MR) is 147 cm³/mol. The molecule has 3 aromatic rings. The lowest BCUT2D eigenvalue weighted by Gasteiger charge is -2.29. The van der Waals surface area contributed by atoms with E-state index in [0.29, 0.717) is 28.3 Å². The average Bonchev–Trinajstić information content (AvgIpc) is 2.94. The summed E-state index contributed by atoms with van der Waals surface area (Å²) in [5, 5.41) is 14.4. The Kier molecular flexibility index (Phi) is 8.70. The van der Waals surface area contributed by atoms with Gasteiger partial charge in [-0.05, 0) is 68.1 Å². The molecule has 4 rings (SSSR count). The van der Waals surface area contributed by atoms with Crippen LogP contribution in [0.25, 0.3) is 0 Å². The number of carbonyl (C=O) groups excluding carboxylic acids is 3. The molecule has 1 fully saturated rings. The third kappa shape index (κ3) is 6.54. The maximum Gasteiger partial charge on any atom is 0.259 e. The zero-order valence-corrected chi connectivity index (χ0v) is 21.7. The number of likely N-dealkylation sites (tertiary alicyclic amines) is 1. The highest BCUT2D eigenvalue weighted by atomic mass is 35.5. The van der Waals surface area contributed by atoms with Crippen molar-refractivity contribution < 1.29 is 19.1 Å². The molecule has 1 aliphatic heterocycles. The van der Waals surface area contributed by atoms with E-state index in [1.165, 1.54) is 12.6 Å². The number of piperidine rings is 1. The van der Waals surface area contributed by atoms with Crippen LogP contribution < -0.4 is 15.4 Å². The quantitative estimate of drug-likeness (QED) is 0.214. The SMILES string of the molecule is Cc1cc(OCC=O)c(NC(=O)c2ccc(C(=N)N3CCCCC3)cc2)c(C(=O)Nc2ccc(Cl)cn2)c1. The zero-order chi connectivity index (χ0) is 27.1. The van der Waals surface area contributed by atoms with Crippen LogP contribution in [0.15, 0.2) is 54.7 Å². The Balaban J connectivity index is 1.58. The Morgan fingerprint density at radius 1 is 1.03 bits per heavy atom. The summed E-state index contributed by atoms with van der Waals surface area (Å²) in [6.45, 7) is 3.23. The lowest BCUT2D eigenvalue weighted by atomic mass is 10.1. The van der Waals surface area contributed by atoms with Crippen molar-refractivity contribution >= 4 is 47.0 Å². The number of benzene rings is 2. The first-order chi connectivity index (χ1) is 18.4. The van der Waals surface area contributed by atoms with E-state index < -0.39 is 11.8 Å². The van der Waals surface area contributed by atoms with E-state index in [4.69, 9.17) is 21.7 Å². The van der Waals surface area contributed by atoms with E-state index >= 15 is 0 Å². The fourth-order valence-electron chi connectivity index (χ4n) is 4.20. The van der Waals surface area contributed by atoms with Crippen LogP contribution in [0.2, 0.25) is 5.02 Å². The second kappa shape index (κ2) is 12.3. The highest BCUT2D eigenvalue weighted by Gasteiger charge is 2.21. The summed E-state index contributed by atoms with van der Waals surface area (Å²) in [6.07, 6.45) is 5.30. The summed E-state index contributed by atoms with van der Waals surface area (Å²) >= 11 is 5.88. The topological polar surface area (TPSA) is 124 Å². The van der Waals surface area contributed by atoms with E-state index in [2.05, 4.69) is 15.6 Å². The van der Waals surface area contributed by atoms with Crippen molar-refractivity contribution in [2.45, 2.75) is 26.2 Å². The molecule has 0 spiro atoms. The minimum absolute atomic E-state index is 0.124. The largest absolute Gasteiger partial charge is 0.484 e. The van der Waals surface area contributed by atoms with Crippen LogP contribution >= 0.6 is 11.6 Å². The van der Waals surface area contributed by atoms with Crippen molar-refractivity contribution in [3.05, 3.63) is 82.0 Å². The number of anilines is 2. The Morgan fingerprint density at radius 2 is 1.74 bits per heavy atom. The number of ether oxygens (including phenoxy) is 1. The summed E-state index contributed by atoms with van der Waals surface area (Å²) in [5.41, 5.74) is 2.02. The van der Waals surface area contributed by atoms with Gasteiger partial charge in [-0.15, -0.1) is 0 Å². The standard InChI is InChI=1S/C28H28ClN5O4/c1-18-15-22(28(37)32-24-10-9-21(29)17-31-24)25(23(16-18)38-14-13-35)33-27(36)20-7-5-19(6-8-20)26(30)34-11-3-2-4-12-34/h5-10,13,15-17,30H,2-4,11-12,14H2,1H3,(H,33,36)(H,31,32,37). The smallest absolute Gasteiger partial charge is 0.259 e. The molecule has 0 radical (unpaired) electrons. The minimum Gasteiger partial charge on any atom is -0.484 e. The first-order valence-electron chi connectivity index (χ1n) is 12.2. The molecule has 0 saturated carbocycles. The number of aryl methyl sites for hydroxylation is 1. The van der Waals surface area contributed by atoms with Crippen LogP contribution in [0, 0.1) is 12.3 Å². The van der Waals surface area contributed by atoms with E-state index in [0.717, 1.165) is 31.5 Å². The third-order valence-electron chi connectivity index (χ3n) is 6.10. The molecular weight excluding hydrogens is 506 g/mol. The minimum atomic E-state index is -0.528. The summed E-state index contributed by atoms with van der Waals surface area (Å²) in [7, 11) is 0. The number of aromatic nitrogens is 1. The Hall–Kier alpha value is -4.24. The number of hydrogen-bond donors (Lipinski definition) is 3. The number of aldehydes is 1. The highest BCUT2D eigenvalue weighted by Crippen LogP contribution is 2.32. The number of pyridine rings is 1. The molecule has 0 aliphatic carbocycles. The van der Waals surface area contributed by atoms with Crippen LogP contribution in [0.1, 0.15) is 51.1 Å². The number of amidine groups is 1. The normalized spacial score (nSPS) is 12.9. The van der Waals surface area contributed by atoms with Gasteiger partial charge in [0.05, 0.1) is 16.3 Å². The number of nitrogens with zero attached hydrogens (tertiary/aromatic N) is 2. The van der Waals surface area contributed by atoms with Crippen LogP contribution in [-0.4, -0.2) is 53.5 Å². The average molecular weight is 534 g/mol. The number of hydrogen-bond acceptors (Lipinski definition) is 6. The van der Waals surface area contributed by atoms with Crippen molar-refractivity contribution in [3.63, 3.8) is 0 Å². The fourth-order valence-corrected chi connectivity index (χ4v) is 4.31. The van der Waals surface area contributed by atoms with Gasteiger partial charge >= 0.3 is 0 Å². The second-order valence-corrected chi connectivity index (χ2v) is 9.34. The first kappa shape index (κ1) is 26.8. The molecule has 0 atom stereocenters. The summed E-state index contributed by atoms with van der Waals surface area (Å²) in [6, 6.07) is 13.2. The first-order valence-corrected chi connectivity index (χ1v) is 12.6. The van der Waals surface area contributed by atoms with Gasteiger partial charge in [0, 0.05) is 30.4 Å². The van der Waals surface area contributed by atoms with Gasteiger partial charge in [0.2, 0.25) is 0 Å². The maximum absolute atomic E-state index is 13.2. The molecule has 1 saturated heterocycles. The van der Waals surface area contributed by atoms with Crippen LogP contribution in [-0.2, 0) is 4.79 Å². The lowest BCUT2D eigenvalue weighted by Crippen LogP contribution is -2.35. The molecular formula is C28H28ClN5O4. The van der Waals surface area contributed by atoms with Crippen molar-refractivity contribution in [3.8, 4) is 5.75 Å². The van der Waals surface area contributed by atoms with Crippen molar-refractivity contribution in [2.24, 2.45) is 0 Å². The molecule has 10 heteroatoms. The number of carbonyl (C=O) groups is 3. The van der Waals surface area contributed by atoms with Crippen molar-refractivity contribution in [1.29, 1.82) is 5.41 Å². The van der Waals surface area contributed by atoms with Gasteiger partial charge in [-0.1, -0.05) is 23.7 Å².